The van der Waals surface area contributed by atoms with Crippen LogP contribution >= 0.6 is 0 Å². The highest BCUT2D eigenvalue weighted by Gasteiger charge is 2.36. The van der Waals surface area contributed by atoms with E-state index in [1.807, 2.05) is 0 Å². The van der Waals surface area contributed by atoms with Crippen molar-refractivity contribution in [2.75, 3.05) is 0 Å². The van der Waals surface area contributed by atoms with Gasteiger partial charge in [0.25, 0.3) is 0 Å². The lowest BCUT2D eigenvalue weighted by Crippen LogP contribution is -2.56. The van der Waals surface area contributed by atoms with Gasteiger partial charge < -0.3 is 41.9 Å². The normalized spacial score (nSPS) is 20.5. The van der Waals surface area contributed by atoms with Crippen LogP contribution in [0.2, 0.25) is 0 Å². The summed E-state index contributed by atoms with van der Waals surface area (Å²) in [4.78, 5) is 50.3. The van der Waals surface area contributed by atoms with E-state index in [2.05, 4.69) is 10.6 Å². The van der Waals surface area contributed by atoms with E-state index in [-0.39, 0.29) is 6.42 Å². The van der Waals surface area contributed by atoms with Crippen LogP contribution in [0.25, 0.3) is 0 Å². The molecule has 0 radical (unpaired) electrons. The lowest BCUT2D eigenvalue weighted by atomic mass is 9.90. The second-order valence-electron chi connectivity index (χ2n) is 9.13. The molecule has 0 heterocycles. The summed E-state index contributed by atoms with van der Waals surface area (Å²) in [6.07, 6.45) is -6.73. The predicted molar refractivity (Wildman–Crippen MR) is 122 cm³/mol. The zero-order valence-electron chi connectivity index (χ0n) is 20.6. The molecule has 0 rings (SSSR count). The third-order valence-electron chi connectivity index (χ3n) is 5.76. The Labute approximate surface area is 199 Å². The maximum absolute atomic E-state index is 12.8. The minimum atomic E-state index is -1.47. The van der Waals surface area contributed by atoms with Gasteiger partial charge in [-0.2, -0.15) is 0 Å². The first-order chi connectivity index (χ1) is 15.5. The van der Waals surface area contributed by atoms with Gasteiger partial charge in [-0.25, -0.2) is 0 Å². The number of amides is 2. The van der Waals surface area contributed by atoms with E-state index in [0.717, 1.165) is 0 Å². The molecule has 12 heteroatoms. The van der Waals surface area contributed by atoms with Gasteiger partial charge in [-0.3, -0.25) is 19.2 Å². The second kappa shape index (κ2) is 14.4. The molecule has 0 aromatic carbocycles. The van der Waals surface area contributed by atoms with Crippen LogP contribution in [0.4, 0.5) is 0 Å². The average Bonchev–Trinajstić information content (AvgIpc) is 2.71. The highest BCUT2D eigenvalue weighted by molar-refractivity contribution is 5.95. The zero-order chi connectivity index (χ0) is 26.9. The van der Waals surface area contributed by atoms with Crippen molar-refractivity contribution in [3.05, 3.63) is 0 Å². The van der Waals surface area contributed by atoms with E-state index in [9.17, 15) is 44.7 Å². The van der Waals surface area contributed by atoms with Crippen molar-refractivity contribution < 1.29 is 44.7 Å². The maximum atomic E-state index is 12.8. The van der Waals surface area contributed by atoms with E-state index in [1.165, 1.54) is 34.6 Å². The number of aliphatic hydroxyl groups excluding tert-OH is 5. The number of hydrogen-bond donors (Lipinski definition) is 8. The molecule has 2 amide bonds. The Morgan fingerprint density at radius 3 is 1.38 bits per heavy atom. The van der Waals surface area contributed by atoms with Gasteiger partial charge in [-0.15, -0.1) is 0 Å². The summed E-state index contributed by atoms with van der Waals surface area (Å²) >= 11 is 0. The van der Waals surface area contributed by atoms with Crippen LogP contribution in [0.5, 0.6) is 0 Å². The molecular formula is C22H41N3O9. The summed E-state index contributed by atoms with van der Waals surface area (Å²) in [7, 11) is 0. The molecule has 34 heavy (non-hydrogen) atoms. The standard InChI is InChI=1S/C22H41N3O9/c1-9(10(2)26)7-16(31)19(13(5)29)24-21(33)15(11(3)27)8-17(32)20(14(6)30)25-22(34)18(23)12(4)28/h9-15,18-20,26-30H,7-8,23H2,1-6H3,(H,24,33)(H,25,34). The Balaban J connectivity index is 5.52. The van der Waals surface area contributed by atoms with E-state index >= 15 is 0 Å². The molecule has 0 bridgehead atoms. The minimum Gasteiger partial charge on any atom is -0.393 e. The van der Waals surface area contributed by atoms with E-state index < -0.39 is 90.3 Å². The first-order valence-corrected chi connectivity index (χ1v) is 11.3. The van der Waals surface area contributed by atoms with Crippen molar-refractivity contribution in [2.45, 2.75) is 103 Å². The van der Waals surface area contributed by atoms with Crippen LogP contribution < -0.4 is 16.4 Å². The molecule has 0 aliphatic heterocycles. The highest BCUT2D eigenvalue weighted by Crippen LogP contribution is 2.16. The lowest BCUT2D eigenvalue weighted by Gasteiger charge is -2.28. The van der Waals surface area contributed by atoms with Crippen LogP contribution in [-0.2, 0) is 19.2 Å². The largest absolute Gasteiger partial charge is 0.393 e. The number of carbonyl (C=O) groups excluding carboxylic acids is 4. The lowest BCUT2D eigenvalue weighted by molar-refractivity contribution is -0.139. The molecule has 0 aliphatic rings. The Morgan fingerprint density at radius 1 is 0.618 bits per heavy atom. The highest BCUT2D eigenvalue weighted by atomic mass is 16.3. The van der Waals surface area contributed by atoms with Gasteiger partial charge in [-0.05, 0) is 40.5 Å². The zero-order valence-corrected chi connectivity index (χ0v) is 20.6. The van der Waals surface area contributed by atoms with Gasteiger partial charge in [0.1, 0.15) is 18.1 Å². The topological polar surface area (TPSA) is 220 Å². The van der Waals surface area contributed by atoms with Crippen molar-refractivity contribution in [3.63, 3.8) is 0 Å². The fourth-order valence-electron chi connectivity index (χ4n) is 3.11. The summed E-state index contributed by atoms with van der Waals surface area (Å²) in [6.45, 7) is 8.20. The maximum Gasteiger partial charge on any atom is 0.240 e. The van der Waals surface area contributed by atoms with Gasteiger partial charge in [-0.1, -0.05) is 6.92 Å². The number of Topliss-reactive ketones (excluding diaryl/α,β-unsaturated/α-hetero) is 2. The van der Waals surface area contributed by atoms with Crippen LogP contribution in [-0.4, -0.2) is 97.6 Å². The van der Waals surface area contributed by atoms with Gasteiger partial charge in [0.15, 0.2) is 11.6 Å². The summed E-state index contributed by atoms with van der Waals surface area (Å²) in [5, 5.41) is 53.7. The van der Waals surface area contributed by atoms with Crippen molar-refractivity contribution in [2.24, 2.45) is 17.6 Å². The van der Waals surface area contributed by atoms with Crippen molar-refractivity contribution >= 4 is 23.4 Å². The van der Waals surface area contributed by atoms with Crippen LogP contribution in [0.1, 0.15) is 54.4 Å². The molecule has 10 atom stereocenters. The molecule has 0 saturated carbocycles. The van der Waals surface area contributed by atoms with E-state index in [4.69, 9.17) is 5.73 Å². The molecule has 9 N–H and O–H groups in total. The molecule has 0 saturated heterocycles. The number of ketones is 2. The van der Waals surface area contributed by atoms with Crippen molar-refractivity contribution in [1.29, 1.82) is 0 Å². The van der Waals surface area contributed by atoms with Gasteiger partial charge in [0.05, 0.1) is 36.4 Å². The smallest absolute Gasteiger partial charge is 0.240 e. The van der Waals surface area contributed by atoms with E-state index in [0.29, 0.717) is 0 Å². The summed E-state index contributed by atoms with van der Waals surface area (Å²) in [5.74, 6) is -4.89. The van der Waals surface area contributed by atoms with Crippen LogP contribution in [0, 0.1) is 11.8 Å². The summed E-state index contributed by atoms with van der Waals surface area (Å²) < 4.78 is 0. The van der Waals surface area contributed by atoms with Gasteiger partial charge in [0, 0.05) is 12.8 Å². The quantitative estimate of drug-likeness (QED) is 0.119. The van der Waals surface area contributed by atoms with E-state index in [1.54, 1.807) is 6.92 Å². The van der Waals surface area contributed by atoms with Crippen molar-refractivity contribution in [3.8, 4) is 0 Å². The SMILES string of the molecule is CC(O)C(C)CC(=O)C(NC(=O)C(CC(=O)C(NC(=O)C(N)C(C)O)C(C)O)C(C)O)C(C)O. The molecule has 0 aromatic heterocycles. The number of aliphatic hydroxyl groups is 5. The fourth-order valence-corrected chi connectivity index (χ4v) is 3.11. The Hall–Kier alpha value is -1.96. The number of rotatable bonds is 15. The minimum absolute atomic E-state index is 0.120. The molecule has 0 fully saturated rings. The second-order valence-corrected chi connectivity index (χ2v) is 9.13. The van der Waals surface area contributed by atoms with Crippen LogP contribution in [0.15, 0.2) is 0 Å². The summed E-state index contributed by atoms with van der Waals surface area (Å²) in [5.41, 5.74) is 5.54. The Bertz CT molecular complexity index is 695. The average molecular weight is 492 g/mol. The fraction of sp³-hybridized carbons (Fsp3) is 0.818. The molecule has 10 unspecified atom stereocenters. The number of nitrogens with one attached hydrogen (secondary N) is 2. The van der Waals surface area contributed by atoms with Gasteiger partial charge >= 0.3 is 0 Å². The Morgan fingerprint density at radius 2 is 1.03 bits per heavy atom. The van der Waals surface area contributed by atoms with Gasteiger partial charge in [0.2, 0.25) is 11.8 Å². The third-order valence-corrected chi connectivity index (χ3v) is 5.76. The third kappa shape index (κ3) is 10.1. The van der Waals surface area contributed by atoms with Crippen LogP contribution in [0.3, 0.4) is 0 Å². The number of carbonyl (C=O) groups is 4. The first kappa shape index (κ1) is 32.0. The molecule has 0 spiro atoms. The molecular weight excluding hydrogens is 450 g/mol. The predicted octanol–water partition coefficient (Wildman–Crippen LogP) is -2.64. The molecule has 0 aromatic rings. The number of nitrogens with two attached hydrogens (primary N) is 1. The molecule has 198 valence electrons. The number of hydrogen-bond acceptors (Lipinski definition) is 10. The first-order valence-electron chi connectivity index (χ1n) is 11.3. The molecule has 0 aliphatic carbocycles. The Kier molecular flexibility index (Phi) is 13.6. The monoisotopic (exact) mass is 491 g/mol. The summed E-state index contributed by atoms with van der Waals surface area (Å²) in [6, 6.07) is -4.15. The molecule has 12 nitrogen and oxygen atoms in total. The van der Waals surface area contributed by atoms with Crippen molar-refractivity contribution in [1.82, 2.24) is 10.6 Å².